The summed E-state index contributed by atoms with van der Waals surface area (Å²) in [6, 6.07) is 4.28. The number of aromatic amines is 1. The highest BCUT2D eigenvalue weighted by molar-refractivity contribution is 5.82. The van der Waals surface area contributed by atoms with Gasteiger partial charge >= 0.3 is 11.7 Å². The largest absolute Gasteiger partial charge is 0.479 e. The van der Waals surface area contributed by atoms with Crippen LogP contribution in [0.4, 0.5) is 0 Å². The number of fused-ring (bicyclic) bond motifs is 1. The molecule has 2 rings (SSSR count). The molecule has 17 heavy (non-hydrogen) atoms. The van der Waals surface area contributed by atoms with Crippen LogP contribution in [0.15, 0.2) is 27.4 Å². The van der Waals surface area contributed by atoms with Gasteiger partial charge in [-0.3, -0.25) is 4.98 Å². The van der Waals surface area contributed by atoms with E-state index in [1.807, 2.05) is 0 Å². The van der Waals surface area contributed by atoms with Crippen LogP contribution in [-0.4, -0.2) is 21.2 Å². The van der Waals surface area contributed by atoms with Gasteiger partial charge in [0, 0.05) is 0 Å². The molecule has 0 radical (unpaired) electrons. The molecule has 1 unspecified atom stereocenters. The van der Waals surface area contributed by atoms with Crippen molar-refractivity contribution in [3.63, 3.8) is 0 Å². The van der Waals surface area contributed by atoms with Crippen molar-refractivity contribution < 1.29 is 19.4 Å². The van der Waals surface area contributed by atoms with Crippen LogP contribution in [0.25, 0.3) is 11.1 Å². The number of oxazole rings is 1. The first-order chi connectivity index (χ1) is 7.97. The summed E-state index contributed by atoms with van der Waals surface area (Å²) in [6.07, 6.45) is 0.0237. The Morgan fingerprint density at radius 3 is 2.82 bits per heavy atom. The average Bonchev–Trinajstić information content (AvgIpc) is 2.66. The fourth-order valence-corrected chi connectivity index (χ4v) is 1.69. The van der Waals surface area contributed by atoms with Gasteiger partial charge in [-0.05, 0) is 24.1 Å². The molecule has 0 aliphatic heterocycles. The highest BCUT2D eigenvalue weighted by atomic mass is 16.4. The molecule has 1 heterocycles. The molecule has 0 aliphatic carbocycles. The number of aromatic nitrogens is 1. The van der Waals surface area contributed by atoms with Gasteiger partial charge in [0.05, 0.1) is 5.52 Å². The standard InChI is InChI=1S/C11H11NO5/c1-2-11(16,9(13)14)6-3-4-8-7(5-6)12-10(15)17-8/h3-5,16H,2H2,1H3,(H,12,15)(H,13,14). The fourth-order valence-electron chi connectivity index (χ4n) is 1.69. The molecule has 6 nitrogen and oxygen atoms in total. The predicted molar refractivity (Wildman–Crippen MR) is 58.7 cm³/mol. The van der Waals surface area contributed by atoms with Gasteiger partial charge in [0.15, 0.2) is 11.2 Å². The average molecular weight is 237 g/mol. The Morgan fingerprint density at radius 2 is 2.24 bits per heavy atom. The van der Waals surface area contributed by atoms with Crippen LogP contribution in [0.2, 0.25) is 0 Å². The summed E-state index contributed by atoms with van der Waals surface area (Å²) < 4.78 is 4.79. The number of nitrogens with one attached hydrogen (secondary N) is 1. The molecule has 0 fully saturated rings. The summed E-state index contributed by atoms with van der Waals surface area (Å²) in [5, 5.41) is 19.0. The van der Waals surface area contributed by atoms with Gasteiger partial charge < -0.3 is 14.6 Å². The van der Waals surface area contributed by atoms with Gasteiger partial charge in [-0.2, -0.15) is 0 Å². The van der Waals surface area contributed by atoms with Gasteiger partial charge in [-0.15, -0.1) is 0 Å². The number of hydrogen-bond donors (Lipinski definition) is 3. The molecule has 90 valence electrons. The summed E-state index contributed by atoms with van der Waals surface area (Å²) in [5.41, 5.74) is -1.07. The maximum Gasteiger partial charge on any atom is 0.417 e. The van der Waals surface area contributed by atoms with Crippen LogP contribution in [-0.2, 0) is 10.4 Å². The molecule has 6 heteroatoms. The van der Waals surface area contributed by atoms with Gasteiger partial charge in [-0.25, -0.2) is 9.59 Å². The summed E-state index contributed by atoms with van der Waals surface area (Å²) >= 11 is 0. The first kappa shape index (κ1) is 11.4. The van der Waals surface area contributed by atoms with E-state index in [0.717, 1.165) is 0 Å². The minimum atomic E-state index is -1.96. The van der Waals surface area contributed by atoms with Crippen molar-refractivity contribution in [3.05, 3.63) is 34.3 Å². The monoisotopic (exact) mass is 237 g/mol. The molecular weight excluding hydrogens is 226 g/mol. The number of carboxylic acid groups (broad SMARTS) is 1. The van der Waals surface area contributed by atoms with E-state index in [2.05, 4.69) is 4.98 Å². The highest BCUT2D eigenvalue weighted by Crippen LogP contribution is 2.27. The normalized spacial score (nSPS) is 14.7. The molecule has 0 aliphatic rings. The maximum atomic E-state index is 11.0. The Hall–Kier alpha value is -2.08. The summed E-state index contributed by atoms with van der Waals surface area (Å²) in [4.78, 5) is 24.4. The smallest absolute Gasteiger partial charge is 0.417 e. The van der Waals surface area contributed by atoms with Crippen molar-refractivity contribution in [2.45, 2.75) is 18.9 Å². The lowest BCUT2D eigenvalue weighted by Gasteiger charge is -2.21. The zero-order chi connectivity index (χ0) is 12.6. The van der Waals surface area contributed by atoms with Crippen molar-refractivity contribution in [1.29, 1.82) is 0 Å². The van der Waals surface area contributed by atoms with Crippen molar-refractivity contribution in [3.8, 4) is 0 Å². The predicted octanol–water partition coefficient (Wildman–Crippen LogP) is 0.803. The molecule has 0 saturated heterocycles. The number of rotatable bonds is 3. The van der Waals surface area contributed by atoms with Crippen molar-refractivity contribution in [2.24, 2.45) is 0 Å². The van der Waals surface area contributed by atoms with Crippen LogP contribution in [0.5, 0.6) is 0 Å². The molecule has 3 N–H and O–H groups in total. The SMILES string of the molecule is CCC(O)(C(=O)O)c1ccc2oc(=O)[nH]c2c1. The van der Waals surface area contributed by atoms with Crippen LogP contribution >= 0.6 is 0 Å². The second kappa shape index (κ2) is 3.74. The van der Waals surface area contributed by atoms with Crippen LogP contribution < -0.4 is 5.76 Å². The Morgan fingerprint density at radius 1 is 1.53 bits per heavy atom. The van der Waals surface area contributed by atoms with E-state index >= 15 is 0 Å². The number of benzene rings is 1. The second-order valence-corrected chi connectivity index (χ2v) is 3.74. The first-order valence-corrected chi connectivity index (χ1v) is 5.06. The third kappa shape index (κ3) is 1.72. The first-order valence-electron chi connectivity index (χ1n) is 5.06. The number of H-pyrrole nitrogens is 1. The highest BCUT2D eigenvalue weighted by Gasteiger charge is 2.36. The van der Waals surface area contributed by atoms with Crippen molar-refractivity contribution in [1.82, 2.24) is 4.98 Å². The van der Waals surface area contributed by atoms with Crippen LogP contribution in [0.3, 0.4) is 0 Å². The number of carbonyl (C=O) groups is 1. The molecule has 0 amide bonds. The second-order valence-electron chi connectivity index (χ2n) is 3.74. The Bertz CT molecular complexity index is 626. The van der Waals surface area contributed by atoms with Crippen LogP contribution in [0.1, 0.15) is 18.9 Å². The summed E-state index contributed by atoms with van der Waals surface area (Å²) in [5.74, 6) is -1.95. The van der Waals surface area contributed by atoms with E-state index in [4.69, 9.17) is 9.52 Å². The third-order valence-corrected chi connectivity index (χ3v) is 2.76. The number of aliphatic hydroxyl groups is 1. The van der Waals surface area contributed by atoms with E-state index in [1.165, 1.54) is 18.2 Å². The van der Waals surface area contributed by atoms with Gasteiger partial charge in [0.25, 0.3) is 0 Å². The van der Waals surface area contributed by atoms with E-state index in [9.17, 15) is 14.7 Å². The molecule has 0 spiro atoms. The minimum absolute atomic E-state index is 0.0237. The van der Waals surface area contributed by atoms with E-state index in [1.54, 1.807) is 6.92 Å². The lowest BCUT2D eigenvalue weighted by molar-refractivity contribution is -0.160. The molecule has 1 aromatic heterocycles. The minimum Gasteiger partial charge on any atom is -0.479 e. The number of aliphatic carboxylic acids is 1. The van der Waals surface area contributed by atoms with Gasteiger partial charge in [-0.1, -0.05) is 13.0 Å². The topological polar surface area (TPSA) is 104 Å². The van der Waals surface area contributed by atoms with Crippen molar-refractivity contribution >= 4 is 17.1 Å². The fraction of sp³-hybridized carbons (Fsp3) is 0.273. The lowest BCUT2D eigenvalue weighted by atomic mass is 9.91. The van der Waals surface area contributed by atoms with Crippen molar-refractivity contribution in [2.75, 3.05) is 0 Å². The van der Waals surface area contributed by atoms with E-state index < -0.39 is 17.3 Å². The zero-order valence-corrected chi connectivity index (χ0v) is 9.06. The molecule has 1 atom stereocenters. The summed E-state index contributed by atoms with van der Waals surface area (Å²) in [6.45, 7) is 1.57. The third-order valence-electron chi connectivity index (χ3n) is 2.76. The van der Waals surface area contributed by atoms with Gasteiger partial charge in [0.1, 0.15) is 0 Å². The zero-order valence-electron chi connectivity index (χ0n) is 9.06. The number of hydrogen-bond acceptors (Lipinski definition) is 4. The number of carboxylic acids is 1. The maximum absolute atomic E-state index is 11.0. The Labute approximate surface area is 95.5 Å². The molecule has 1 aromatic carbocycles. The lowest BCUT2D eigenvalue weighted by Crippen LogP contribution is -2.34. The Balaban J connectivity index is 2.62. The Kier molecular flexibility index (Phi) is 2.51. The quantitative estimate of drug-likeness (QED) is 0.732. The molecule has 0 bridgehead atoms. The van der Waals surface area contributed by atoms with E-state index in [-0.39, 0.29) is 12.0 Å². The van der Waals surface area contributed by atoms with Crippen LogP contribution in [0, 0.1) is 0 Å². The van der Waals surface area contributed by atoms with Gasteiger partial charge in [0.2, 0.25) is 0 Å². The van der Waals surface area contributed by atoms with E-state index in [0.29, 0.717) is 11.1 Å². The molecule has 2 aromatic rings. The summed E-state index contributed by atoms with van der Waals surface area (Å²) in [7, 11) is 0. The molecular formula is C11H11NO5. The molecule has 0 saturated carbocycles.